The van der Waals surface area contributed by atoms with Gasteiger partial charge in [-0.25, -0.2) is 0 Å². The van der Waals surface area contributed by atoms with E-state index in [1.807, 2.05) is 30.9 Å². The van der Waals surface area contributed by atoms with Crippen LogP contribution in [-0.2, 0) is 4.79 Å². The number of carbonyl (C=O) groups excluding carboxylic acids is 1. The summed E-state index contributed by atoms with van der Waals surface area (Å²) in [5.74, 6) is -0.301. The number of ether oxygens (including phenoxy) is 1. The van der Waals surface area contributed by atoms with Gasteiger partial charge >= 0.3 is 5.97 Å². The Labute approximate surface area is 136 Å². The van der Waals surface area contributed by atoms with Gasteiger partial charge in [0, 0.05) is 12.1 Å². The lowest BCUT2D eigenvalue weighted by atomic mass is 9.72. The van der Waals surface area contributed by atoms with Crippen LogP contribution in [0.4, 0.5) is 0 Å². The molecule has 2 fully saturated rings. The van der Waals surface area contributed by atoms with E-state index >= 15 is 0 Å². The number of hydrogen-bond acceptors (Lipinski definition) is 3. The molecular formula is C18H23NO4. The summed E-state index contributed by atoms with van der Waals surface area (Å²) in [5, 5.41) is 9.73. The quantitative estimate of drug-likeness (QED) is 0.906. The van der Waals surface area contributed by atoms with E-state index < -0.39 is 11.4 Å². The average Bonchev–Trinajstić information content (AvgIpc) is 3.11. The molecule has 5 heteroatoms. The Morgan fingerprint density at radius 2 is 2.04 bits per heavy atom. The van der Waals surface area contributed by atoms with Crippen molar-refractivity contribution in [3.05, 3.63) is 29.8 Å². The van der Waals surface area contributed by atoms with Gasteiger partial charge in [0.1, 0.15) is 5.75 Å². The number of carboxylic acids is 1. The van der Waals surface area contributed by atoms with Crippen LogP contribution in [-0.4, -0.2) is 40.6 Å². The molecule has 0 saturated carbocycles. The topological polar surface area (TPSA) is 66.8 Å². The third-order valence-electron chi connectivity index (χ3n) is 5.45. The molecule has 1 N–H and O–H groups in total. The second-order valence-electron chi connectivity index (χ2n) is 6.41. The van der Waals surface area contributed by atoms with Gasteiger partial charge in [0.05, 0.1) is 17.6 Å². The molecular weight excluding hydrogens is 294 g/mol. The maximum atomic E-state index is 13.1. The molecule has 124 valence electrons. The second kappa shape index (κ2) is 5.87. The van der Waals surface area contributed by atoms with Crippen molar-refractivity contribution in [2.45, 2.75) is 51.6 Å². The lowest BCUT2D eigenvalue weighted by Crippen LogP contribution is -2.44. The van der Waals surface area contributed by atoms with Crippen molar-refractivity contribution in [2.75, 3.05) is 6.61 Å². The van der Waals surface area contributed by atoms with Crippen molar-refractivity contribution in [1.29, 1.82) is 0 Å². The summed E-state index contributed by atoms with van der Waals surface area (Å²) < 4.78 is 5.57. The maximum absolute atomic E-state index is 13.1. The van der Waals surface area contributed by atoms with E-state index in [2.05, 4.69) is 0 Å². The summed E-state index contributed by atoms with van der Waals surface area (Å²) in [6.45, 7) is 4.28. The summed E-state index contributed by atoms with van der Waals surface area (Å²) in [6, 6.07) is 7.03. The fourth-order valence-electron chi connectivity index (χ4n) is 4.31. The number of benzene rings is 1. The van der Waals surface area contributed by atoms with Gasteiger partial charge in [-0.2, -0.15) is 0 Å². The standard InChI is InChI=1S/C18H23NO4/c1-3-18(17(21)22)11-12-9-10-15(18)19(12)16(20)13-7-5-6-8-14(13)23-4-2/h5-8,12,15H,3-4,9-11H2,1-2H3,(H,21,22)/t12-,15+,18+/m0/s1. The van der Waals surface area contributed by atoms with E-state index in [1.54, 1.807) is 12.1 Å². The molecule has 0 unspecified atom stereocenters. The molecule has 2 saturated heterocycles. The number of fused-ring (bicyclic) bond motifs is 2. The van der Waals surface area contributed by atoms with Gasteiger partial charge in [-0.05, 0) is 44.7 Å². The molecule has 2 heterocycles. The van der Waals surface area contributed by atoms with Crippen molar-refractivity contribution in [3.8, 4) is 5.75 Å². The average molecular weight is 317 g/mol. The summed E-state index contributed by atoms with van der Waals surface area (Å²) in [4.78, 5) is 26.8. The van der Waals surface area contributed by atoms with Gasteiger partial charge in [0.2, 0.25) is 0 Å². The first-order chi connectivity index (χ1) is 11.0. The highest BCUT2D eigenvalue weighted by atomic mass is 16.5. The van der Waals surface area contributed by atoms with Gasteiger partial charge in [0.25, 0.3) is 5.91 Å². The molecule has 3 atom stereocenters. The predicted molar refractivity (Wildman–Crippen MR) is 85.6 cm³/mol. The summed E-state index contributed by atoms with van der Waals surface area (Å²) in [7, 11) is 0. The highest BCUT2D eigenvalue weighted by Crippen LogP contribution is 2.52. The molecule has 2 bridgehead atoms. The van der Waals surface area contributed by atoms with Crippen LogP contribution in [0, 0.1) is 5.41 Å². The van der Waals surface area contributed by atoms with E-state index in [-0.39, 0.29) is 18.0 Å². The minimum atomic E-state index is -0.793. The Morgan fingerprint density at radius 1 is 1.30 bits per heavy atom. The SMILES string of the molecule is CCOc1ccccc1C(=O)N1[C@H]2CC[C@@H]1[C@](CC)(C(=O)O)C2. The first-order valence-electron chi connectivity index (χ1n) is 8.33. The highest BCUT2D eigenvalue weighted by Gasteiger charge is 2.60. The Kier molecular flexibility index (Phi) is 4.04. The highest BCUT2D eigenvalue weighted by molar-refractivity contribution is 5.98. The molecule has 1 amide bonds. The largest absolute Gasteiger partial charge is 0.493 e. The summed E-state index contributed by atoms with van der Waals surface area (Å²) >= 11 is 0. The number of para-hydroxylation sites is 1. The monoisotopic (exact) mass is 317 g/mol. The number of carboxylic acid groups (broad SMARTS) is 1. The van der Waals surface area contributed by atoms with Crippen LogP contribution >= 0.6 is 0 Å². The second-order valence-corrected chi connectivity index (χ2v) is 6.41. The lowest BCUT2D eigenvalue weighted by Gasteiger charge is -2.32. The van der Waals surface area contributed by atoms with Gasteiger partial charge in [0.15, 0.2) is 0 Å². The third-order valence-corrected chi connectivity index (χ3v) is 5.45. The van der Waals surface area contributed by atoms with Crippen LogP contribution in [0.5, 0.6) is 5.75 Å². The van der Waals surface area contributed by atoms with E-state index in [0.717, 1.165) is 12.8 Å². The third kappa shape index (κ3) is 2.30. The Morgan fingerprint density at radius 3 is 2.65 bits per heavy atom. The molecule has 1 aromatic rings. The van der Waals surface area contributed by atoms with E-state index in [0.29, 0.717) is 30.8 Å². The van der Waals surface area contributed by atoms with E-state index in [1.165, 1.54) is 0 Å². The minimum absolute atomic E-state index is 0.0261. The van der Waals surface area contributed by atoms with Crippen molar-refractivity contribution < 1.29 is 19.4 Å². The number of carbonyl (C=O) groups is 2. The van der Waals surface area contributed by atoms with Gasteiger partial charge in [-0.3, -0.25) is 9.59 Å². The molecule has 0 aromatic heterocycles. The smallest absolute Gasteiger partial charge is 0.311 e. The first-order valence-corrected chi connectivity index (χ1v) is 8.33. The maximum Gasteiger partial charge on any atom is 0.311 e. The van der Waals surface area contributed by atoms with Crippen LogP contribution in [0.1, 0.15) is 49.9 Å². The van der Waals surface area contributed by atoms with Crippen molar-refractivity contribution in [2.24, 2.45) is 5.41 Å². The van der Waals surface area contributed by atoms with Crippen molar-refractivity contribution in [3.63, 3.8) is 0 Å². The van der Waals surface area contributed by atoms with Gasteiger partial charge in [-0.15, -0.1) is 0 Å². The predicted octanol–water partition coefficient (Wildman–Crippen LogP) is 2.94. The summed E-state index contributed by atoms with van der Waals surface area (Å²) in [6.07, 6.45) is 2.78. The number of rotatable bonds is 5. The van der Waals surface area contributed by atoms with Crippen molar-refractivity contribution in [1.82, 2.24) is 4.90 Å². The zero-order valence-corrected chi connectivity index (χ0v) is 13.6. The van der Waals surface area contributed by atoms with Crippen LogP contribution < -0.4 is 4.74 Å². The van der Waals surface area contributed by atoms with Crippen LogP contribution in [0.2, 0.25) is 0 Å². The molecule has 0 spiro atoms. The molecule has 23 heavy (non-hydrogen) atoms. The molecule has 1 aromatic carbocycles. The molecule has 0 aliphatic carbocycles. The molecule has 2 aliphatic heterocycles. The Bertz CT molecular complexity index is 629. The fourth-order valence-corrected chi connectivity index (χ4v) is 4.31. The fraction of sp³-hybridized carbons (Fsp3) is 0.556. The van der Waals surface area contributed by atoms with Crippen LogP contribution in [0.25, 0.3) is 0 Å². The lowest BCUT2D eigenvalue weighted by molar-refractivity contribution is -0.151. The van der Waals surface area contributed by atoms with Crippen molar-refractivity contribution >= 4 is 11.9 Å². The normalized spacial score (nSPS) is 28.9. The molecule has 5 nitrogen and oxygen atoms in total. The Hall–Kier alpha value is -2.04. The number of amides is 1. The number of hydrogen-bond donors (Lipinski definition) is 1. The van der Waals surface area contributed by atoms with E-state index in [4.69, 9.17) is 4.74 Å². The first kappa shape index (κ1) is 15.8. The van der Waals surface area contributed by atoms with Crippen LogP contribution in [0.3, 0.4) is 0 Å². The summed E-state index contributed by atoms with van der Waals surface area (Å²) in [5.41, 5.74) is -0.261. The van der Waals surface area contributed by atoms with Gasteiger partial charge in [-0.1, -0.05) is 19.1 Å². The molecule has 2 aliphatic rings. The zero-order chi connectivity index (χ0) is 16.6. The minimum Gasteiger partial charge on any atom is -0.493 e. The van der Waals surface area contributed by atoms with E-state index in [9.17, 15) is 14.7 Å². The van der Waals surface area contributed by atoms with Crippen LogP contribution in [0.15, 0.2) is 24.3 Å². The number of aliphatic carboxylic acids is 1. The molecule has 0 radical (unpaired) electrons. The Balaban J connectivity index is 1.94. The molecule has 3 rings (SSSR count). The number of nitrogens with zero attached hydrogens (tertiary/aromatic N) is 1. The zero-order valence-electron chi connectivity index (χ0n) is 13.6. The van der Waals surface area contributed by atoms with Gasteiger partial charge < -0.3 is 14.7 Å².